The Morgan fingerprint density at radius 3 is 2.79 bits per heavy atom. The molecule has 0 bridgehead atoms. The number of rotatable bonds is 3. The van der Waals surface area contributed by atoms with Crippen molar-refractivity contribution in [3.05, 3.63) is 28.5 Å². The van der Waals surface area contributed by atoms with Gasteiger partial charge in [0.2, 0.25) is 0 Å². The van der Waals surface area contributed by atoms with Gasteiger partial charge in [-0.05, 0) is 18.6 Å². The average molecular weight is 218 g/mol. The molecule has 0 aliphatic rings. The number of halogens is 2. The highest BCUT2D eigenvalue weighted by Gasteiger charge is 2.14. The van der Waals surface area contributed by atoms with Crippen LogP contribution in [0.15, 0.2) is 12.1 Å². The van der Waals surface area contributed by atoms with Crippen LogP contribution in [0.25, 0.3) is 0 Å². The Hall–Kier alpha value is -0.800. The summed E-state index contributed by atoms with van der Waals surface area (Å²) in [6.07, 6.45) is 1.56. The minimum Gasteiger partial charge on any atom is -0.505 e. The molecule has 0 radical (unpaired) electrons. The predicted molar refractivity (Wildman–Crippen MR) is 54.9 cm³/mol. The van der Waals surface area contributed by atoms with Gasteiger partial charge in [0.1, 0.15) is 0 Å². The third-order valence-corrected chi connectivity index (χ3v) is 2.28. The van der Waals surface area contributed by atoms with E-state index in [4.69, 9.17) is 17.3 Å². The molecule has 14 heavy (non-hydrogen) atoms. The van der Waals surface area contributed by atoms with Crippen molar-refractivity contribution in [3.8, 4) is 5.75 Å². The van der Waals surface area contributed by atoms with Crippen molar-refractivity contribution >= 4 is 11.6 Å². The van der Waals surface area contributed by atoms with Crippen molar-refractivity contribution in [2.24, 2.45) is 5.73 Å². The second kappa shape index (κ2) is 4.62. The topological polar surface area (TPSA) is 46.2 Å². The van der Waals surface area contributed by atoms with Crippen molar-refractivity contribution in [2.75, 3.05) is 0 Å². The summed E-state index contributed by atoms with van der Waals surface area (Å²) in [4.78, 5) is 0. The van der Waals surface area contributed by atoms with Crippen LogP contribution in [-0.2, 0) is 0 Å². The molecule has 0 spiro atoms. The smallest absolute Gasteiger partial charge is 0.166 e. The molecule has 0 saturated carbocycles. The third kappa shape index (κ3) is 2.36. The fourth-order valence-electron chi connectivity index (χ4n) is 1.34. The third-order valence-electron chi connectivity index (χ3n) is 2.06. The monoisotopic (exact) mass is 217 g/mol. The molecule has 1 atom stereocenters. The molecule has 0 amide bonds. The maximum absolute atomic E-state index is 13.1. The molecule has 1 aromatic rings. The van der Waals surface area contributed by atoms with Crippen LogP contribution in [0.3, 0.4) is 0 Å². The number of nitrogens with two attached hydrogens (primary N) is 1. The Kier molecular flexibility index (Phi) is 3.72. The first kappa shape index (κ1) is 11.3. The van der Waals surface area contributed by atoms with E-state index in [0.717, 1.165) is 12.5 Å². The fourth-order valence-corrected chi connectivity index (χ4v) is 1.55. The largest absolute Gasteiger partial charge is 0.505 e. The van der Waals surface area contributed by atoms with E-state index >= 15 is 0 Å². The van der Waals surface area contributed by atoms with Gasteiger partial charge in [0, 0.05) is 16.6 Å². The van der Waals surface area contributed by atoms with Gasteiger partial charge in [0.05, 0.1) is 0 Å². The lowest BCUT2D eigenvalue weighted by Crippen LogP contribution is -2.10. The van der Waals surface area contributed by atoms with Crippen molar-refractivity contribution in [1.29, 1.82) is 0 Å². The van der Waals surface area contributed by atoms with Gasteiger partial charge in [-0.15, -0.1) is 0 Å². The lowest BCUT2D eigenvalue weighted by Gasteiger charge is -2.13. The molecular weight excluding hydrogens is 205 g/mol. The molecule has 4 heteroatoms. The normalized spacial score (nSPS) is 12.9. The van der Waals surface area contributed by atoms with Crippen LogP contribution in [0.1, 0.15) is 31.4 Å². The number of hydrogen-bond acceptors (Lipinski definition) is 2. The van der Waals surface area contributed by atoms with E-state index in [-0.39, 0.29) is 11.1 Å². The van der Waals surface area contributed by atoms with Crippen LogP contribution in [0.4, 0.5) is 4.39 Å². The average Bonchev–Trinajstić information content (AvgIpc) is 2.11. The molecule has 3 N–H and O–H groups in total. The Balaban J connectivity index is 3.07. The second-order valence-corrected chi connectivity index (χ2v) is 3.66. The molecule has 0 heterocycles. The number of phenols is 1. The van der Waals surface area contributed by atoms with Crippen LogP contribution in [0.5, 0.6) is 5.75 Å². The number of hydrogen-bond donors (Lipinski definition) is 2. The lowest BCUT2D eigenvalue weighted by atomic mass is 10.0. The maximum Gasteiger partial charge on any atom is 0.166 e. The molecule has 0 saturated heterocycles. The zero-order chi connectivity index (χ0) is 10.7. The molecule has 1 unspecified atom stereocenters. The SMILES string of the molecule is CCCC(N)c1cc(Cl)cc(F)c1O. The van der Waals surface area contributed by atoms with Gasteiger partial charge in [-0.25, -0.2) is 4.39 Å². The second-order valence-electron chi connectivity index (χ2n) is 3.22. The van der Waals surface area contributed by atoms with E-state index < -0.39 is 11.6 Å². The van der Waals surface area contributed by atoms with Crippen LogP contribution in [0, 0.1) is 5.82 Å². The molecule has 1 aromatic carbocycles. The minimum absolute atomic E-state index is 0.252. The van der Waals surface area contributed by atoms with E-state index in [1.165, 1.54) is 6.07 Å². The van der Waals surface area contributed by atoms with Crippen molar-refractivity contribution in [2.45, 2.75) is 25.8 Å². The highest BCUT2D eigenvalue weighted by atomic mass is 35.5. The summed E-state index contributed by atoms with van der Waals surface area (Å²) < 4.78 is 13.1. The zero-order valence-corrected chi connectivity index (χ0v) is 8.68. The number of aromatic hydroxyl groups is 1. The summed E-state index contributed by atoms with van der Waals surface area (Å²) in [5, 5.41) is 9.66. The van der Waals surface area contributed by atoms with Crippen LogP contribution in [-0.4, -0.2) is 5.11 Å². The van der Waals surface area contributed by atoms with Gasteiger partial charge in [-0.2, -0.15) is 0 Å². The maximum atomic E-state index is 13.1. The van der Waals surface area contributed by atoms with Gasteiger partial charge >= 0.3 is 0 Å². The molecule has 2 nitrogen and oxygen atoms in total. The van der Waals surface area contributed by atoms with E-state index in [0.29, 0.717) is 12.0 Å². The summed E-state index contributed by atoms with van der Waals surface area (Å²) in [6, 6.07) is 2.20. The summed E-state index contributed by atoms with van der Waals surface area (Å²) in [5.74, 6) is -1.12. The molecular formula is C10H13ClFNO. The van der Waals surface area contributed by atoms with Gasteiger partial charge in [-0.3, -0.25) is 0 Å². The first-order valence-corrected chi connectivity index (χ1v) is 4.87. The van der Waals surface area contributed by atoms with Crippen molar-refractivity contribution in [3.63, 3.8) is 0 Å². The zero-order valence-electron chi connectivity index (χ0n) is 7.93. The van der Waals surface area contributed by atoms with Crippen LogP contribution < -0.4 is 5.73 Å². The quantitative estimate of drug-likeness (QED) is 0.818. The summed E-state index contributed by atoms with van der Waals surface area (Å²) in [6.45, 7) is 1.97. The summed E-state index contributed by atoms with van der Waals surface area (Å²) >= 11 is 5.66. The summed E-state index contributed by atoms with van der Waals surface area (Å²) in [7, 11) is 0. The van der Waals surface area contributed by atoms with E-state index in [2.05, 4.69) is 0 Å². The highest BCUT2D eigenvalue weighted by Crippen LogP contribution is 2.31. The summed E-state index contributed by atoms with van der Waals surface area (Å²) in [5.41, 5.74) is 6.13. The van der Waals surface area contributed by atoms with Gasteiger partial charge in [0.25, 0.3) is 0 Å². The standard InChI is InChI=1S/C10H13ClFNO/c1-2-3-9(13)7-4-6(11)5-8(12)10(7)14/h4-5,9,14H,2-3,13H2,1H3. The Bertz CT molecular complexity index is 330. The van der Waals surface area contributed by atoms with Crippen molar-refractivity contribution < 1.29 is 9.50 Å². The van der Waals surface area contributed by atoms with E-state index in [1.807, 2.05) is 6.92 Å². The van der Waals surface area contributed by atoms with Gasteiger partial charge in [-0.1, -0.05) is 24.9 Å². The fraction of sp³-hybridized carbons (Fsp3) is 0.400. The Morgan fingerprint density at radius 2 is 2.21 bits per heavy atom. The first-order valence-electron chi connectivity index (χ1n) is 4.49. The lowest BCUT2D eigenvalue weighted by molar-refractivity contribution is 0.418. The van der Waals surface area contributed by atoms with E-state index in [9.17, 15) is 9.50 Å². The number of benzene rings is 1. The highest BCUT2D eigenvalue weighted by molar-refractivity contribution is 6.30. The Labute approximate surface area is 87.5 Å². The predicted octanol–water partition coefficient (Wildman–Crippen LogP) is 2.98. The van der Waals surface area contributed by atoms with Gasteiger partial charge < -0.3 is 10.8 Å². The van der Waals surface area contributed by atoms with Gasteiger partial charge in [0.15, 0.2) is 11.6 Å². The van der Waals surface area contributed by atoms with E-state index in [1.54, 1.807) is 0 Å². The molecule has 78 valence electrons. The first-order chi connectivity index (χ1) is 6.56. The molecule has 0 aliphatic carbocycles. The number of phenolic OH excluding ortho intramolecular Hbond substituents is 1. The molecule has 1 rings (SSSR count). The molecule has 0 aliphatic heterocycles. The minimum atomic E-state index is -0.723. The van der Waals surface area contributed by atoms with Crippen molar-refractivity contribution in [1.82, 2.24) is 0 Å². The van der Waals surface area contributed by atoms with Crippen LogP contribution >= 0.6 is 11.6 Å². The van der Waals surface area contributed by atoms with Crippen LogP contribution in [0.2, 0.25) is 5.02 Å². The molecule has 0 aromatic heterocycles. The molecule has 0 fully saturated rings. The Morgan fingerprint density at radius 1 is 1.57 bits per heavy atom.